The number of carbonyl (C=O) groups excluding carboxylic acids is 1. The van der Waals surface area contributed by atoms with Crippen LogP contribution in [-0.4, -0.2) is 49.2 Å². The maximum Gasteiger partial charge on any atom is 0.407 e. The van der Waals surface area contributed by atoms with Gasteiger partial charge in [0.15, 0.2) is 5.65 Å². The Kier molecular flexibility index (Phi) is 4.62. The summed E-state index contributed by atoms with van der Waals surface area (Å²) < 4.78 is 6.55. The van der Waals surface area contributed by atoms with Crippen molar-refractivity contribution in [1.82, 2.24) is 19.9 Å². The van der Waals surface area contributed by atoms with Crippen LogP contribution < -0.4 is 5.32 Å². The first-order valence-corrected chi connectivity index (χ1v) is 6.89. The molecule has 2 unspecified atom stereocenters. The summed E-state index contributed by atoms with van der Waals surface area (Å²) in [5.41, 5.74) is 0.213. The molecule has 0 radical (unpaired) electrons. The van der Waals surface area contributed by atoms with Crippen molar-refractivity contribution in [3.63, 3.8) is 0 Å². The monoisotopic (exact) mass is 308 g/mol. The highest BCUT2D eigenvalue weighted by molar-refractivity contribution is 5.67. The van der Waals surface area contributed by atoms with Crippen LogP contribution in [0.25, 0.3) is 5.65 Å². The Labute approximate surface area is 127 Å². The van der Waals surface area contributed by atoms with Gasteiger partial charge in [-0.15, -0.1) is 0 Å². The molecular formula is C14H20N4O4. The van der Waals surface area contributed by atoms with Gasteiger partial charge in [-0.1, -0.05) is 0 Å². The Morgan fingerprint density at radius 1 is 1.45 bits per heavy atom. The molecule has 0 aromatic carbocycles. The molecule has 0 bridgehead atoms. The van der Waals surface area contributed by atoms with E-state index < -0.39 is 23.9 Å². The van der Waals surface area contributed by atoms with Crippen LogP contribution in [0.4, 0.5) is 4.79 Å². The molecule has 2 heterocycles. The summed E-state index contributed by atoms with van der Waals surface area (Å²) in [5, 5.41) is 26.6. The number of aliphatic hydroxyl groups excluding tert-OH is 2. The number of carbonyl (C=O) groups is 1. The van der Waals surface area contributed by atoms with Crippen LogP contribution in [0.15, 0.2) is 24.7 Å². The molecule has 8 nitrogen and oxygen atoms in total. The van der Waals surface area contributed by atoms with Crippen LogP contribution in [0.2, 0.25) is 0 Å². The highest BCUT2D eigenvalue weighted by Crippen LogP contribution is 2.20. The number of alkyl carbamates (subject to hydrolysis) is 1. The van der Waals surface area contributed by atoms with Gasteiger partial charge in [0.25, 0.3) is 0 Å². The molecule has 22 heavy (non-hydrogen) atoms. The number of amides is 1. The third-order valence-corrected chi connectivity index (χ3v) is 2.84. The van der Waals surface area contributed by atoms with Gasteiger partial charge in [-0.05, 0) is 26.8 Å². The van der Waals surface area contributed by atoms with Gasteiger partial charge in [-0.25, -0.2) is 14.3 Å². The van der Waals surface area contributed by atoms with Gasteiger partial charge in [0.05, 0.1) is 6.20 Å². The van der Waals surface area contributed by atoms with E-state index in [0.29, 0.717) is 11.2 Å². The molecule has 2 aromatic heterocycles. The van der Waals surface area contributed by atoms with Crippen molar-refractivity contribution >= 4 is 11.7 Å². The third-order valence-electron chi connectivity index (χ3n) is 2.84. The Morgan fingerprint density at radius 2 is 2.18 bits per heavy atom. The number of hydrogen-bond acceptors (Lipinski definition) is 6. The minimum Gasteiger partial charge on any atom is -0.444 e. The fourth-order valence-electron chi connectivity index (χ4n) is 1.88. The second kappa shape index (κ2) is 6.29. The summed E-state index contributed by atoms with van der Waals surface area (Å²) in [5.74, 6) is 0. The van der Waals surface area contributed by atoms with Crippen molar-refractivity contribution in [1.29, 1.82) is 0 Å². The molecule has 0 aliphatic carbocycles. The van der Waals surface area contributed by atoms with Crippen molar-refractivity contribution in [2.24, 2.45) is 0 Å². The summed E-state index contributed by atoms with van der Waals surface area (Å²) in [6.45, 7) is 5.06. The average Bonchev–Trinajstić information content (AvgIpc) is 2.86. The number of aliphatic hydroxyl groups is 2. The lowest BCUT2D eigenvalue weighted by Gasteiger charge is -2.21. The minimum atomic E-state index is -1.22. The zero-order chi connectivity index (χ0) is 16.3. The summed E-state index contributed by atoms with van der Waals surface area (Å²) >= 11 is 0. The zero-order valence-electron chi connectivity index (χ0n) is 12.7. The summed E-state index contributed by atoms with van der Waals surface area (Å²) in [7, 11) is 0. The van der Waals surface area contributed by atoms with Gasteiger partial charge >= 0.3 is 6.09 Å². The molecule has 0 aliphatic heterocycles. The molecule has 0 aliphatic rings. The highest BCUT2D eigenvalue weighted by Gasteiger charge is 2.24. The lowest BCUT2D eigenvalue weighted by atomic mass is 10.1. The molecule has 2 aromatic rings. The van der Waals surface area contributed by atoms with E-state index in [-0.39, 0.29) is 6.54 Å². The number of rotatable bonds is 4. The van der Waals surface area contributed by atoms with Gasteiger partial charge < -0.3 is 20.3 Å². The van der Waals surface area contributed by atoms with Gasteiger partial charge in [0, 0.05) is 24.5 Å². The largest absolute Gasteiger partial charge is 0.444 e. The van der Waals surface area contributed by atoms with Crippen LogP contribution in [0, 0.1) is 0 Å². The molecular weight excluding hydrogens is 288 g/mol. The van der Waals surface area contributed by atoms with Crippen LogP contribution in [0.5, 0.6) is 0 Å². The molecule has 8 heteroatoms. The normalized spacial score (nSPS) is 14.6. The molecule has 0 saturated heterocycles. The maximum absolute atomic E-state index is 11.5. The summed E-state index contributed by atoms with van der Waals surface area (Å²) in [6, 6.07) is 1.71. The Bertz CT molecular complexity index is 650. The van der Waals surface area contributed by atoms with E-state index in [9.17, 15) is 15.0 Å². The molecule has 120 valence electrons. The van der Waals surface area contributed by atoms with Crippen molar-refractivity contribution in [2.45, 2.75) is 38.6 Å². The van der Waals surface area contributed by atoms with Crippen molar-refractivity contribution < 1.29 is 19.7 Å². The number of nitrogens with one attached hydrogen (secondary N) is 1. The summed E-state index contributed by atoms with van der Waals surface area (Å²) in [4.78, 5) is 15.6. The average molecular weight is 308 g/mol. The SMILES string of the molecule is CC(C)(C)OC(=O)NCC(O)C(O)c1cnn2cccnc12. The molecule has 0 fully saturated rings. The topological polar surface area (TPSA) is 109 Å². The fraction of sp³-hybridized carbons (Fsp3) is 0.500. The maximum atomic E-state index is 11.5. The van der Waals surface area contributed by atoms with E-state index in [4.69, 9.17) is 4.74 Å². The summed E-state index contributed by atoms with van der Waals surface area (Å²) in [6.07, 6.45) is 1.60. The molecule has 2 rings (SSSR count). The quantitative estimate of drug-likeness (QED) is 0.765. The van der Waals surface area contributed by atoms with Crippen molar-refractivity contribution in [3.8, 4) is 0 Å². The predicted octanol–water partition coefficient (Wildman–Crippen LogP) is 0.648. The third kappa shape index (κ3) is 3.92. The molecule has 0 spiro atoms. The van der Waals surface area contributed by atoms with Crippen molar-refractivity contribution in [2.75, 3.05) is 6.54 Å². The Morgan fingerprint density at radius 3 is 2.86 bits per heavy atom. The smallest absolute Gasteiger partial charge is 0.407 e. The Balaban J connectivity index is 1.98. The van der Waals surface area contributed by atoms with Gasteiger partial charge in [0.2, 0.25) is 0 Å². The Hall–Kier alpha value is -2.19. The number of ether oxygens (including phenoxy) is 1. The zero-order valence-corrected chi connectivity index (χ0v) is 12.7. The van der Waals surface area contributed by atoms with E-state index in [2.05, 4.69) is 15.4 Å². The van der Waals surface area contributed by atoms with Gasteiger partial charge in [-0.2, -0.15) is 5.10 Å². The first kappa shape index (κ1) is 16.2. The predicted molar refractivity (Wildman–Crippen MR) is 78.2 cm³/mol. The number of hydrogen-bond donors (Lipinski definition) is 3. The van der Waals surface area contributed by atoms with Crippen LogP contribution in [-0.2, 0) is 4.74 Å². The van der Waals surface area contributed by atoms with Crippen LogP contribution >= 0.6 is 0 Å². The second-order valence-corrected chi connectivity index (χ2v) is 5.88. The van der Waals surface area contributed by atoms with E-state index >= 15 is 0 Å². The highest BCUT2D eigenvalue weighted by atomic mass is 16.6. The molecule has 0 saturated carbocycles. The first-order valence-electron chi connectivity index (χ1n) is 6.89. The first-order chi connectivity index (χ1) is 10.3. The van der Waals surface area contributed by atoms with Crippen LogP contribution in [0.1, 0.15) is 32.4 Å². The minimum absolute atomic E-state index is 0.153. The molecule has 1 amide bonds. The number of aromatic nitrogens is 3. The van der Waals surface area contributed by atoms with E-state index in [1.54, 1.807) is 39.2 Å². The van der Waals surface area contributed by atoms with Gasteiger partial charge in [-0.3, -0.25) is 0 Å². The van der Waals surface area contributed by atoms with Gasteiger partial charge in [0.1, 0.15) is 17.8 Å². The van der Waals surface area contributed by atoms with E-state index in [1.165, 1.54) is 10.7 Å². The second-order valence-electron chi connectivity index (χ2n) is 5.88. The molecule has 3 N–H and O–H groups in total. The number of fused-ring (bicyclic) bond motifs is 1. The van der Waals surface area contributed by atoms with Crippen LogP contribution in [0.3, 0.4) is 0 Å². The molecule has 2 atom stereocenters. The lowest BCUT2D eigenvalue weighted by molar-refractivity contribution is 0.0135. The van der Waals surface area contributed by atoms with E-state index in [0.717, 1.165) is 0 Å². The van der Waals surface area contributed by atoms with E-state index in [1.807, 2.05) is 0 Å². The lowest BCUT2D eigenvalue weighted by Crippen LogP contribution is -2.38. The fourth-order valence-corrected chi connectivity index (χ4v) is 1.88. The number of nitrogens with zero attached hydrogens (tertiary/aromatic N) is 3. The van der Waals surface area contributed by atoms with Crippen molar-refractivity contribution in [3.05, 3.63) is 30.2 Å². The standard InChI is InChI=1S/C14H20N4O4/c1-14(2,3)22-13(21)16-8-10(19)11(20)9-7-17-18-6-4-5-15-12(9)18/h4-7,10-11,19-20H,8H2,1-3H3,(H,16,21).